The van der Waals surface area contributed by atoms with Gasteiger partial charge in [-0.15, -0.1) is 0 Å². The van der Waals surface area contributed by atoms with E-state index >= 15 is 0 Å². The van der Waals surface area contributed by atoms with E-state index in [2.05, 4.69) is 31.9 Å². The molecule has 138 valence electrons. The second kappa shape index (κ2) is 8.75. The average Bonchev–Trinajstić information content (AvgIpc) is 2.87. The number of carbonyl (C=O) groups is 2. The Balaban J connectivity index is 2.84. The molecular formula is C17H14Br2ClNO5. The van der Waals surface area contributed by atoms with Crippen LogP contribution in [0.3, 0.4) is 0 Å². The summed E-state index contributed by atoms with van der Waals surface area (Å²) in [6, 6.07) is 1.65. The first-order valence-electron chi connectivity index (χ1n) is 7.13. The van der Waals surface area contributed by atoms with E-state index < -0.39 is 11.9 Å². The van der Waals surface area contributed by atoms with Crippen molar-refractivity contribution >= 4 is 61.1 Å². The standard InChI is InChI=1S/C17H14Br2ClNO5/c1-24-11-8-10(18)13(20)12(19)15(11)21-7-5-4-6-9(16(22)25-2)14(21)17(23)26-3/h4-8H,1-3H3. The zero-order valence-corrected chi connectivity index (χ0v) is 17.9. The Hall–Kier alpha value is -1.77. The highest BCUT2D eigenvalue weighted by Gasteiger charge is 2.31. The van der Waals surface area contributed by atoms with Gasteiger partial charge in [0.25, 0.3) is 0 Å². The van der Waals surface area contributed by atoms with Crippen molar-refractivity contribution in [1.82, 2.24) is 0 Å². The van der Waals surface area contributed by atoms with E-state index in [0.717, 1.165) is 0 Å². The highest BCUT2D eigenvalue weighted by Crippen LogP contribution is 2.46. The molecule has 2 rings (SSSR count). The molecule has 0 bridgehead atoms. The molecule has 0 unspecified atom stereocenters. The summed E-state index contributed by atoms with van der Waals surface area (Å²) in [5.41, 5.74) is 0.404. The van der Waals surface area contributed by atoms with Crippen molar-refractivity contribution in [2.24, 2.45) is 0 Å². The Morgan fingerprint density at radius 1 is 1.08 bits per heavy atom. The predicted octanol–water partition coefficient (Wildman–Crippen LogP) is 4.36. The number of hydrogen-bond donors (Lipinski definition) is 0. The monoisotopic (exact) mass is 505 g/mol. The fourth-order valence-corrected chi connectivity index (χ4v) is 3.70. The Bertz CT molecular complexity index is 848. The highest BCUT2D eigenvalue weighted by atomic mass is 79.9. The van der Waals surface area contributed by atoms with Crippen molar-refractivity contribution < 1.29 is 23.8 Å². The van der Waals surface area contributed by atoms with Crippen LogP contribution in [0.2, 0.25) is 5.02 Å². The third kappa shape index (κ3) is 3.82. The maximum absolute atomic E-state index is 12.5. The average molecular weight is 508 g/mol. The molecule has 0 atom stereocenters. The number of hydrogen-bond acceptors (Lipinski definition) is 6. The lowest BCUT2D eigenvalue weighted by atomic mass is 10.1. The van der Waals surface area contributed by atoms with Crippen LogP contribution in [-0.4, -0.2) is 33.3 Å². The number of methoxy groups -OCH3 is 3. The molecule has 0 aliphatic carbocycles. The van der Waals surface area contributed by atoms with E-state index in [1.54, 1.807) is 24.4 Å². The molecular weight excluding hydrogens is 493 g/mol. The molecule has 0 radical (unpaired) electrons. The van der Waals surface area contributed by atoms with Gasteiger partial charge in [0.2, 0.25) is 0 Å². The second-order valence-corrected chi connectivity index (χ2v) is 6.88. The fraction of sp³-hybridized carbons (Fsp3) is 0.176. The molecule has 1 heterocycles. The van der Waals surface area contributed by atoms with Gasteiger partial charge < -0.3 is 19.1 Å². The van der Waals surface area contributed by atoms with Gasteiger partial charge in [-0.25, -0.2) is 9.59 Å². The predicted molar refractivity (Wildman–Crippen MR) is 105 cm³/mol. The summed E-state index contributed by atoms with van der Waals surface area (Å²) in [5, 5.41) is 0.371. The van der Waals surface area contributed by atoms with Crippen molar-refractivity contribution in [1.29, 1.82) is 0 Å². The summed E-state index contributed by atoms with van der Waals surface area (Å²) in [7, 11) is 3.93. The van der Waals surface area contributed by atoms with Crippen molar-refractivity contribution in [2.75, 3.05) is 26.2 Å². The van der Waals surface area contributed by atoms with Crippen molar-refractivity contribution in [3.05, 3.63) is 55.7 Å². The molecule has 1 aliphatic rings. The van der Waals surface area contributed by atoms with E-state index in [1.165, 1.54) is 32.3 Å². The van der Waals surface area contributed by atoms with Crippen LogP contribution in [0.15, 0.2) is 50.7 Å². The van der Waals surface area contributed by atoms with Gasteiger partial charge in [0.05, 0.1) is 36.4 Å². The normalized spacial score (nSPS) is 13.5. The lowest BCUT2D eigenvalue weighted by Crippen LogP contribution is -2.27. The number of anilines is 1. The topological polar surface area (TPSA) is 65.1 Å². The number of allylic oxidation sites excluding steroid dienone is 2. The molecule has 0 aromatic heterocycles. The van der Waals surface area contributed by atoms with Crippen molar-refractivity contribution in [2.45, 2.75) is 0 Å². The van der Waals surface area contributed by atoms with E-state index in [1.807, 2.05) is 0 Å². The third-order valence-electron chi connectivity index (χ3n) is 3.45. The molecule has 1 aliphatic heterocycles. The van der Waals surface area contributed by atoms with Gasteiger partial charge in [0, 0.05) is 10.7 Å². The summed E-state index contributed by atoms with van der Waals surface area (Å²) in [6.45, 7) is 0. The fourth-order valence-electron chi connectivity index (χ4n) is 2.28. The lowest BCUT2D eigenvalue weighted by Gasteiger charge is -2.26. The number of rotatable bonds is 4. The molecule has 0 fully saturated rings. The van der Waals surface area contributed by atoms with Crippen LogP contribution in [0, 0.1) is 0 Å². The SMILES string of the molecule is COC(=O)C1=C(C(=O)OC)N(c2c(OC)cc(Br)c(Cl)c2Br)C=CC=C1. The van der Waals surface area contributed by atoms with Crippen molar-refractivity contribution in [3.8, 4) is 5.75 Å². The minimum absolute atomic E-state index is 0.0253. The summed E-state index contributed by atoms with van der Waals surface area (Å²) < 4.78 is 16.2. The van der Waals surface area contributed by atoms with Crippen LogP contribution < -0.4 is 9.64 Å². The first-order valence-corrected chi connectivity index (χ1v) is 9.10. The number of carbonyl (C=O) groups excluding carboxylic acids is 2. The van der Waals surface area contributed by atoms with E-state index in [9.17, 15) is 9.59 Å². The smallest absolute Gasteiger partial charge is 0.355 e. The Labute approximate surface area is 172 Å². The van der Waals surface area contributed by atoms with Gasteiger partial charge in [-0.05, 0) is 50.1 Å². The summed E-state index contributed by atoms with van der Waals surface area (Å²) in [6.07, 6.45) is 6.32. The molecule has 0 amide bonds. The Morgan fingerprint density at radius 2 is 1.73 bits per heavy atom. The number of benzene rings is 1. The minimum Gasteiger partial charge on any atom is -0.494 e. The summed E-state index contributed by atoms with van der Waals surface area (Å²) >= 11 is 13.1. The number of esters is 2. The largest absolute Gasteiger partial charge is 0.494 e. The van der Waals surface area contributed by atoms with Gasteiger partial charge in [-0.1, -0.05) is 17.7 Å². The Kier molecular flexibility index (Phi) is 6.91. The van der Waals surface area contributed by atoms with Crippen molar-refractivity contribution in [3.63, 3.8) is 0 Å². The molecule has 0 N–H and O–H groups in total. The van der Waals surface area contributed by atoms with E-state index in [0.29, 0.717) is 25.4 Å². The quantitative estimate of drug-likeness (QED) is 0.446. The summed E-state index contributed by atoms with van der Waals surface area (Å²) in [4.78, 5) is 26.2. The number of nitrogens with zero attached hydrogens (tertiary/aromatic N) is 1. The van der Waals surface area contributed by atoms with Gasteiger partial charge in [-0.2, -0.15) is 0 Å². The molecule has 0 spiro atoms. The van der Waals surface area contributed by atoms with Gasteiger partial charge in [-0.3, -0.25) is 0 Å². The maximum atomic E-state index is 12.5. The molecule has 1 aromatic rings. The third-order valence-corrected chi connectivity index (χ3v) is 5.70. The van der Waals surface area contributed by atoms with Crippen LogP contribution in [0.4, 0.5) is 5.69 Å². The molecule has 0 saturated carbocycles. The summed E-state index contributed by atoms with van der Waals surface area (Å²) in [5.74, 6) is -1.01. The van der Waals surface area contributed by atoms with Crippen LogP contribution in [0.25, 0.3) is 0 Å². The van der Waals surface area contributed by atoms with Crippen LogP contribution >= 0.6 is 43.5 Å². The number of ether oxygens (including phenoxy) is 3. The lowest BCUT2D eigenvalue weighted by molar-refractivity contribution is -0.139. The van der Waals surface area contributed by atoms with E-state index in [-0.39, 0.29) is 11.3 Å². The van der Waals surface area contributed by atoms with Crippen LogP contribution in [0.5, 0.6) is 5.75 Å². The van der Waals surface area contributed by atoms with Gasteiger partial charge >= 0.3 is 11.9 Å². The van der Waals surface area contributed by atoms with E-state index in [4.69, 9.17) is 25.8 Å². The molecule has 1 aromatic carbocycles. The minimum atomic E-state index is -0.727. The molecule has 9 heteroatoms. The Morgan fingerprint density at radius 3 is 2.31 bits per heavy atom. The first-order chi connectivity index (χ1) is 12.4. The second-order valence-electron chi connectivity index (χ2n) is 4.85. The number of halogens is 3. The zero-order chi connectivity index (χ0) is 19.4. The molecule has 0 saturated heterocycles. The molecule has 6 nitrogen and oxygen atoms in total. The van der Waals surface area contributed by atoms with Gasteiger partial charge in [0.1, 0.15) is 17.1 Å². The van der Waals surface area contributed by atoms with Crippen LogP contribution in [-0.2, 0) is 19.1 Å². The highest BCUT2D eigenvalue weighted by molar-refractivity contribution is 9.11. The van der Waals surface area contributed by atoms with Crippen LogP contribution in [0.1, 0.15) is 0 Å². The maximum Gasteiger partial charge on any atom is 0.355 e. The molecule has 26 heavy (non-hydrogen) atoms. The van der Waals surface area contributed by atoms with Gasteiger partial charge in [0.15, 0.2) is 0 Å². The zero-order valence-electron chi connectivity index (χ0n) is 14.0. The first kappa shape index (κ1) is 20.5.